The van der Waals surface area contributed by atoms with Crippen molar-refractivity contribution in [3.05, 3.63) is 24.9 Å². The first-order valence-electron chi connectivity index (χ1n) is 4.43. The lowest BCUT2D eigenvalue weighted by molar-refractivity contribution is 0.0684. The van der Waals surface area contributed by atoms with E-state index in [1.807, 2.05) is 6.92 Å². The Kier molecular flexibility index (Phi) is 3.71. The molecule has 0 aromatic rings. The summed E-state index contributed by atoms with van der Waals surface area (Å²) in [4.78, 5) is 6.45. The van der Waals surface area contributed by atoms with E-state index in [-0.39, 0.29) is 0 Å². The van der Waals surface area contributed by atoms with Gasteiger partial charge in [-0.2, -0.15) is 0 Å². The van der Waals surface area contributed by atoms with Gasteiger partial charge >= 0.3 is 0 Å². The number of ether oxygens (including phenoxy) is 1. The van der Waals surface area contributed by atoms with E-state index in [4.69, 9.17) is 4.74 Å². The first-order valence-corrected chi connectivity index (χ1v) is 4.43. The van der Waals surface area contributed by atoms with Crippen LogP contribution < -0.4 is 0 Å². The van der Waals surface area contributed by atoms with E-state index < -0.39 is 0 Å². The summed E-state index contributed by atoms with van der Waals surface area (Å²) in [5, 5.41) is 0. The third kappa shape index (κ3) is 3.03. The summed E-state index contributed by atoms with van der Waals surface area (Å²) < 4.78 is 5.25. The smallest absolute Gasteiger partial charge is 0.128 e. The van der Waals surface area contributed by atoms with Crippen molar-refractivity contribution >= 4 is 5.84 Å². The van der Waals surface area contributed by atoms with Crippen LogP contribution in [-0.4, -0.2) is 37.0 Å². The van der Waals surface area contributed by atoms with Gasteiger partial charge in [-0.1, -0.05) is 13.2 Å². The van der Waals surface area contributed by atoms with Crippen LogP contribution in [0.15, 0.2) is 29.9 Å². The second-order valence-electron chi connectivity index (χ2n) is 3.01. The Hall–Kier alpha value is -1.09. The normalized spacial score (nSPS) is 18.5. The molecule has 1 rings (SSSR count). The number of hydrogen-bond acceptors (Lipinski definition) is 2. The van der Waals surface area contributed by atoms with Gasteiger partial charge in [0.05, 0.1) is 13.2 Å². The Bertz CT molecular complexity index is 227. The Balaban J connectivity index is 2.64. The lowest BCUT2D eigenvalue weighted by atomic mass is 10.4. The maximum absolute atomic E-state index is 5.25. The molecule has 0 aliphatic carbocycles. The van der Waals surface area contributed by atoms with Crippen molar-refractivity contribution < 1.29 is 4.74 Å². The van der Waals surface area contributed by atoms with Gasteiger partial charge in [-0.15, -0.1) is 0 Å². The third-order valence-electron chi connectivity index (χ3n) is 1.82. The van der Waals surface area contributed by atoms with Crippen LogP contribution in [-0.2, 0) is 4.74 Å². The molecule has 0 atom stereocenters. The number of nitrogens with zero attached hydrogens (tertiary/aromatic N) is 2. The molecule has 0 aromatic heterocycles. The molecule has 1 aliphatic heterocycles. The average Bonchev–Trinajstić information content (AvgIpc) is 2.15. The quantitative estimate of drug-likeness (QED) is 0.474. The van der Waals surface area contributed by atoms with Crippen molar-refractivity contribution in [2.75, 3.05) is 26.3 Å². The van der Waals surface area contributed by atoms with Gasteiger partial charge in [-0.25, -0.2) is 4.99 Å². The molecule has 3 nitrogen and oxygen atoms in total. The molecule has 1 saturated heterocycles. The standard InChI is InChI=1S/C10H16N2O/c1-4-10(11-9(2)3)12-5-7-13-8-6-12/h4H,1-2,5-8H2,3H3. The molecule has 3 heteroatoms. The van der Waals surface area contributed by atoms with Crippen LogP contribution in [0.25, 0.3) is 0 Å². The van der Waals surface area contributed by atoms with Crippen LogP contribution in [0.1, 0.15) is 6.92 Å². The van der Waals surface area contributed by atoms with Crippen molar-refractivity contribution in [1.82, 2.24) is 4.90 Å². The predicted molar refractivity (Wildman–Crippen MR) is 54.8 cm³/mol. The van der Waals surface area contributed by atoms with Crippen LogP contribution in [0, 0.1) is 0 Å². The van der Waals surface area contributed by atoms with Gasteiger partial charge in [-0.05, 0) is 13.0 Å². The molecule has 0 bridgehead atoms. The molecule has 0 spiro atoms. The molecule has 1 aliphatic rings. The molecular weight excluding hydrogens is 164 g/mol. The van der Waals surface area contributed by atoms with Crippen molar-refractivity contribution in [2.45, 2.75) is 6.92 Å². The van der Waals surface area contributed by atoms with Gasteiger partial charge < -0.3 is 9.64 Å². The minimum Gasteiger partial charge on any atom is -0.378 e. The number of allylic oxidation sites excluding steroid dienone is 1. The average molecular weight is 180 g/mol. The van der Waals surface area contributed by atoms with E-state index in [2.05, 4.69) is 23.1 Å². The summed E-state index contributed by atoms with van der Waals surface area (Å²) >= 11 is 0. The summed E-state index contributed by atoms with van der Waals surface area (Å²) in [7, 11) is 0. The van der Waals surface area contributed by atoms with Crippen LogP contribution in [0.4, 0.5) is 0 Å². The van der Waals surface area contributed by atoms with Crippen molar-refractivity contribution in [3.63, 3.8) is 0 Å². The van der Waals surface area contributed by atoms with E-state index >= 15 is 0 Å². The zero-order chi connectivity index (χ0) is 9.68. The second kappa shape index (κ2) is 4.82. The van der Waals surface area contributed by atoms with E-state index in [1.165, 1.54) is 0 Å². The molecule has 1 heterocycles. The van der Waals surface area contributed by atoms with Gasteiger partial charge in [0.15, 0.2) is 0 Å². The first-order chi connectivity index (χ1) is 6.24. The van der Waals surface area contributed by atoms with Crippen LogP contribution >= 0.6 is 0 Å². The monoisotopic (exact) mass is 180 g/mol. The SMILES string of the molecule is C=CC(=NC(=C)C)N1CCOCC1. The maximum Gasteiger partial charge on any atom is 0.128 e. The molecule has 0 aromatic carbocycles. The molecule has 0 amide bonds. The van der Waals surface area contributed by atoms with Gasteiger partial charge in [0, 0.05) is 18.8 Å². The largest absolute Gasteiger partial charge is 0.378 e. The predicted octanol–water partition coefficient (Wildman–Crippen LogP) is 1.44. The Morgan fingerprint density at radius 2 is 2.08 bits per heavy atom. The Morgan fingerprint density at radius 3 is 2.54 bits per heavy atom. The zero-order valence-electron chi connectivity index (χ0n) is 8.12. The minimum atomic E-state index is 0.767. The van der Waals surface area contributed by atoms with Crippen LogP contribution in [0.2, 0.25) is 0 Å². The topological polar surface area (TPSA) is 24.8 Å². The van der Waals surface area contributed by atoms with E-state index in [9.17, 15) is 0 Å². The Morgan fingerprint density at radius 1 is 1.46 bits per heavy atom. The summed E-state index contributed by atoms with van der Waals surface area (Å²) in [6, 6.07) is 0. The van der Waals surface area contributed by atoms with Crippen LogP contribution in [0.5, 0.6) is 0 Å². The molecule has 72 valence electrons. The van der Waals surface area contributed by atoms with E-state index in [1.54, 1.807) is 6.08 Å². The van der Waals surface area contributed by atoms with Crippen molar-refractivity contribution in [1.29, 1.82) is 0 Å². The van der Waals surface area contributed by atoms with Crippen LogP contribution in [0.3, 0.4) is 0 Å². The molecule has 13 heavy (non-hydrogen) atoms. The highest BCUT2D eigenvalue weighted by Crippen LogP contribution is 2.02. The summed E-state index contributed by atoms with van der Waals surface area (Å²) in [5.41, 5.74) is 0.807. The molecule has 0 saturated carbocycles. The highest BCUT2D eigenvalue weighted by molar-refractivity contribution is 5.93. The molecule has 1 fully saturated rings. The lowest BCUT2D eigenvalue weighted by Crippen LogP contribution is -2.39. The lowest BCUT2D eigenvalue weighted by Gasteiger charge is -2.28. The third-order valence-corrected chi connectivity index (χ3v) is 1.82. The number of aliphatic imine (C=N–C) groups is 1. The number of rotatable bonds is 2. The van der Waals surface area contributed by atoms with E-state index in [0.29, 0.717) is 0 Å². The van der Waals surface area contributed by atoms with Crippen molar-refractivity contribution in [2.24, 2.45) is 4.99 Å². The van der Waals surface area contributed by atoms with Gasteiger partial charge in [0.25, 0.3) is 0 Å². The highest BCUT2D eigenvalue weighted by Gasteiger charge is 2.11. The molecule has 0 N–H and O–H groups in total. The first kappa shape index (κ1) is 9.99. The number of hydrogen-bond donors (Lipinski definition) is 0. The number of morpholine rings is 1. The summed E-state index contributed by atoms with van der Waals surface area (Å²) in [5.74, 6) is 0.899. The summed E-state index contributed by atoms with van der Waals surface area (Å²) in [6.45, 7) is 12.7. The fourth-order valence-electron chi connectivity index (χ4n) is 1.23. The molecular formula is C10H16N2O. The molecule has 0 unspecified atom stereocenters. The minimum absolute atomic E-state index is 0.767. The highest BCUT2D eigenvalue weighted by atomic mass is 16.5. The fraction of sp³-hybridized carbons (Fsp3) is 0.500. The van der Waals surface area contributed by atoms with E-state index in [0.717, 1.165) is 37.8 Å². The fourth-order valence-corrected chi connectivity index (χ4v) is 1.23. The summed E-state index contributed by atoms with van der Waals surface area (Å²) in [6.07, 6.45) is 1.76. The number of amidine groups is 1. The second-order valence-corrected chi connectivity index (χ2v) is 3.01. The Labute approximate surface area is 79.4 Å². The zero-order valence-corrected chi connectivity index (χ0v) is 8.12. The molecule has 0 radical (unpaired) electrons. The van der Waals surface area contributed by atoms with Gasteiger partial charge in [0.2, 0.25) is 0 Å². The van der Waals surface area contributed by atoms with Gasteiger partial charge in [0.1, 0.15) is 5.84 Å². The van der Waals surface area contributed by atoms with Crippen molar-refractivity contribution in [3.8, 4) is 0 Å². The maximum atomic E-state index is 5.25. The van der Waals surface area contributed by atoms with Gasteiger partial charge in [-0.3, -0.25) is 0 Å².